The van der Waals surface area contributed by atoms with E-state index in [1.165, 1.54) is 0 Å². The Morgan fingerprint density at radius 1 is 0.833 bits per heavy atom. The molecule has 0 aromatic carbocycles. The Hall–Kier alpha value is -1.76. The fraction of sp³-hybridized carbons (Fsp3) is 0.294. The first-order valence-electron chi connectivity index (χ1n) is 6.46. The maximum absolute atomic E-state index is 3.70. The van der Waals surface area contributed by atoms with Crippen LogP contribution < -0.4 is 5.32 Å². The molecule has 0 spiro atoms. The Balaban J connectivity index is -0.000000506. The Morgan fingerprint density at radius 2 is 1.28 bits per heavy atom. The summed E-state index contributed by atoms with van der Waals surface area (Å²) in [6.07, 6.45) is 12.8. The lowest BCUT2D eigenvalue weighted by Gasteiger charge is -2.06. The van der Waals surface area contributed by atoms with Crippen molar-refractivity contribution in [3.63, 3.8) is 0 Å². The molecule has 0 unspecified atom stereocenters. The zero-order valence-corrected chi connectivity index (χ0v) is 12.7. The minimum Gasteiger partial charge on any atom is -0.356 e. The van der Waals surface area contributed by atoms with E-state index in [-0.39, 0.29) is 0 Å². The van der Waals surface area contributed by atoms with Crippen molar-refractivity contribution in [2.75, 3.05) is 0 Å². The molecule has 0 fully saturated rings. The van der Waals surface area contributed by atoms with Crippen LogP contribution in [0.1, 0.15) is 34.6 Å². The van der Waals surface area contributed by atoms with Gasteiger partial charge in [-0.2, -0.15) is 0 Å². The molecule has 0 aromatic rings. The Morgan fingerprint density at radius 3 is 1.61 bits per heavy atom. The van der Waals surface area contributed by atoms with E-state index in [9.17, 15) is 0 Å². The van der Waals surface area contributed by atoms with Gasteiger partial charge in [-0.25, -0.2) is 0 Å². The molecule has 0 aliphatic rings. The van der Waals surface area contributed by atoms with E-state index in [4.69, 9.17) is 0 Å². The molecule has 0 rings (SSSR count). The van der Waals surface area contributed by atoms with Gasteiger partial charge in [0.05, 0.1) is 0 Å². The smallest absolute Gasteiger partial charge is 0.0380 e. The molecule has 0 saturated carbocycles. The van der Waals surface area contributed by atoms with Gasteiger partial charge in [0, 0.05) is 11.4 Å². The lowest BCUT2D eigenvalue weighted by molar-refractivity contribution is 1.05. The molecule has 1 heteroatoms. The zero-order valence-electron chi connectivity index (χ0n) is 12.7. The third-order valence-corrected chi connectivity index (χ3v) is 1.45. The van der Waals surface area contributed by atoms with Gasteiger partial charge in [0.2, 0.25) is 0 Å². The molecule has 102 valence electrons. The highest BCUT2D eigenvalue weighted by Crippen LogP contribution is 1.99. The number of hydrogen-bond acceptors (Lipinski definition) is 1. The van der Waals surface area contributed by atoms with Crippen LogP contribution in [0, 0.1) is 0 Å². The van der Waals surface area contributed by atoms with Crippen molar-refractivity contribution in [2.45, 2.75) is 34.6 Å². The number of allylic oxidation sites excluding steroid dienone is 7. The molecule has 0 heterocycles. The van der Waals surface area contributed by atoms with Crippen LogP contribution in [0.5, 0.6) is 0 Å². The predicted octanol–water partition coefficient (Wildman–Crippen LogP) is 5.53. The highest BCUT2D eigenvalue weighted by atomic mass is 14.9. The van der Waals surface area contributed by atoms with Gasteiger partial charge in [-0.05, 0) is 31.2 Å². The van der Waals surface area contributed by atoms with Crippen molar-refractivity contribution in [2.24, 2.45) is 0 Å². The van der Waals surface area contributed by atoms with Gasteiger partial charge in [0.25, 0.3) is 0 Å². The third-order valence-electron chi connectivity index (χ3n) is 1.45. The minimum absolute atomic E-state index is 0.909. The van der Waals surface area contributed by atoms with E-state index in [0.29, 0.717) is 0 Å². The van der Waals surface area contributed by atoms with Crippen molar-refractivity contribution in [1.82, 2.24) is 5.32 Å². The van der Waals surface area contributed by atoms with Gasteiger partial charge in [-0.3, -0.25) is 0 Å². The molecule has 1 N–H and O–H groups in total. The van der Waals surface area contributed by atoms with Crippen LogP contribution >= 0.6 is 0 Å². The first kappa shape index (κ1) is 21.5. The fourth-order valence-electron chi connectivity index (χ4n) is 0.900. The van der Waals surface area contributed by atoms with Crippen molar-refractivity contribution in [3.8, 4) is 0 Å². The molecule has 0 amide bonds. The summed E-state index contributed by atoms with van der Waals surface area (Å²) in [5.74, 6) is 0. The van der Waals surface area contributed by atoms with Crippen LogP contribution in [0.4, 0.5) is 0 Å². The van der Waals surface area contributed by atoms with Crippen LogP contribution in [-0.4, -0.2) is 0 Å². The first-order valence-corrected chi connectivity index (χ1v) is 6.46. The largest absolute Gasteiger partial charge is 0.356 e. The van der Waals surface area contributed by atoms with Crippen LogP contribution in [0.2, 0.25) is 0 Å². The van der Waals surface area contributed by atoms with Gasteiger partial charge in [0.15, 0.2) is 0 Å². The van der Waals surface area contributed by atoms with E-state index in [2.05, 4.69) is 25.1 Å². The summed E-state index contributed by atoms with van der Waals surface area (Å²) in [7, 11) is 0. The van der Waals surface area contributed by atoms with Gasteiger partial charge in [0.1, 0.15) is 0 Å². The molecular weight excluding hydrogens is 218 g/mol. The van der Waals surface area contributed by atoms with E-state index in [0.717, 1.165) is 11.4 Å². The maximum Gasteiger partial charge on any atom is 0.0380 e. The summed E-state index contributed by atoms with van der Waals surface area (Å²) in [4.78, 5) is 0. The molecule has 0 bridgehead atoms. The monoisotopic (exact) mass is 247 g/mol. The van der Waals surface area contributed by atoms with E-state index in [1.807, 2.05) is 58.9 Å². The van der Waals surface area contributed by atoms with Crippen molar-refractivity contribution in [1.29, 1.82) is 0 Å². The molecule has 0 atom stereocenters. The molecule has 0 aliphatic carbocycles. The van der Waals surface area contributed by atoms with Gasteiger partial charge < -0.3 is 5.32 Å². The van der Waals surface area contributed by atoms with Crippen LogP contribution in [0.25, 0.3) is 0 Å². The molecule has 0 aliphatic heterocycles. The first-order chi connectivity index (χ1) is 8.78. The fourth-order valence-corrected chi connectivity index (χ4v) is 0.900. The average molecular weight is 247 g/mol. The van der Waals surface area contributed by atoms with Crippen molar-refractivity contribution in [3.05, 3.63) is 73.7 Å². The van der Waals surface area contributed by atoms with Gasteiger partial charge in [-0.1, -0.05) is 65.7 Å². The predicted molar refractivity (Wildman–Crippen MR) is 87.4 cm³/mol. The Kier molecular flexibility index (Phi) is 24.7. The summed E-state index contributed by atoms with van der Waals surface area (Å²) in [5.41, 5.74) is 1.88. The summed E-state index contributed by atoms with van der Waals surface area (Å²) >= 11 is 0. The second-order valence-corrected chi connectivity index (χ2v) is 2.54. The normalized spacial score (nSPS) is 10.5. The maximum atomic E-state index is 3.70. The highest BCUT2D eigenvalue weighted by molar-refractivity contribution is 5.30. The summed E-state index contributed by atoms with van der Waals surface area (Å²) in [6, 6.07) is 0. The molecule has 0 radical (unpaired) electrons. The molecule has 1 nitrogen and oxygen atoms in total. The quantitative estimate of drug-likeness (QED) is 0.608. The highest BCUT2D eigenvalue weighted by Gasteiger charge is 1.91. The standard InChI is InChI=1S/C13H17N.2C2H6/c1-5-9-12(8-4)14-13(10-6-2)11-7-3;2*1-2/h5-11,14H,1-2,4H2,3H3;2*1-2H3/b11-7-,12-9+,13-10+;;. The van der Waals surface area contributed by atoms with Gasteiger partial charge in [-0.15, -0.1) is 0 Å². The Labute approximate surface area is 114 Å². The van der Waals surface area contributed by atoms with E-state index in [1.54, 1.807) is 18.2 Å². The number of hydrogen-bond donors (Lipinski definition) is 1. The third kappa shape index (κ3) is 14.2. The zero-order chi connectivity index (χ0) is 14.8. The SMILES string of the molecule is C=C/C=C(\C=C)NC(/C=C\C)=C/C=C.CC.CC. The van der Waals surface area contributed by atoms with Crippen molar-refractivity contribution >= 4 is 0 Å². The topological polar surface area (TPSA) is 12.0 Å². The number of nitrogens with one attached hydrogen (secondary N) is 1. The summed E-state index contributed by atoms with van der Waals surface area (Å²) in [6.45, 7) is 20.9. The van der Waals surface area contributed by atoms with Crippen LogP contribution in [0.3, 0.4) is 0 Å². The summed E-state index contributed by atoms with van der Waals surface area (Å²) < 4.78 is 0. The number of rotatable bonds is 6. The van der Waals surface area contributed by atoms with Crippen molar-refractivity contribution < 1.29 is 0 Å². The van der Waals surface area contributed by atoms with E-state index >= 15 is 0 Å². The van der Waals surface area contributed by atoms with Crippen LogP contribution in [0.15, 0.2) is 73.7 Å². The lowest BCUT2D eigenvalue weighted by Crippen LogP contribution is -2.09. The second-order valence-electron chi connectivity index (χ2n) is 2.54. The minimum atomic E-state index is 0.909. The van der Waals surface area contributed by atoms with Crippen LogP contribution in [-0.2, 0) is 0 Å². The average Bonchev–Trinajstić information content (AvgIpc) is 2.43. The molecule has 0 aromatic heterocycles. The Bertz CT molecular complexity index is 291. The molecule has 18 heavy (non-hydrogen) atoms. The molecule has 0 saturated heterocycles. The second kappa shape index (κ2) is 20.6. The molecular formula is C17H29N. The van der Waals surface area contributed by atoms with Gasteiger partial charge >= 0.3 is 0 Å². The van der Waals surface area contributed by atoms with E-state index < -0.39 is 0 Å². The lowest BCUT2D eigenvalue weighted by atomic mass is 10.3. The summed E-state index contributed by atoms with van der Waals surface area (Å²) in [5, 5.41) is 3.18.